The van der Waals surface area contributed by atoms with Crippen molar-refractivity contribution in [3.63, 3.8) is 0 Å². The molecule has 0 N–H and O–H groups in total. The van der Waals surface area contributed by atoms with Gasteiger partial charge in [-0.2, -0.15) is 0 Å². The summed E-state index contributed by atoms with van der Waals surface area (Å²) in [5.41, 5.74) is 0.903. The number of unbranched alkanes of at least 4 members (excludes halogenated alkanes) is 9. The number of benzene rings is 1. The predicted octanol–water partition coefficient (Wildman–Crippen LogP) is 7.15. The molecule has 31 heavy (non-hydrogen) atoms. The van der Waals surface area contributed by atoms with Gasteiger partial charge < -0.3 is 9.47 Å². The van der Waals surface area contributed by atoms with E-state index in [9.17, 15) is 4.79 Å². The largest absolute Gasteiger partial charge is 0.494 e. The van der Waals surface area contributed by atoms with Gasteiger partial charge >= 0.3 is 5.97 Å². The highest BCUT2D eigenvalue weighted by molar-refractivity contribution is 5.72. The predicted molar refractivity (Wildman–Crippen MR) is 125 cm³/mol. The van der Waals surface area contributed by atoms with Crippen LogP contribution in [0.5, 0.6) is 11.5 Å². The van der Waals surface area contributed by atoms with E-state index in [1.54, 1.807) is 12.4 Å². The van der Waals surface area contributed by atoms with Gasteiger partial charge in [0.05, 0.1) is 19.0 Å². The van der Waals surface area contributed by atoms with Gasteiger partial charge in [-0.1, -0.05) is 71.6 Å². The molecule has 0 atom stereocenters. The average molecular weight is 427 g/mol. The van der Waals surface area contributed by atoms with E-state index in [0.717, 1.165) is 43.6 Å². The number of rotatable bonds is 16. The van der Waals surface area contributed by atoms with Crippen LogP contribution in [0.15, 0.2) is 36.7 Å². The van der Waals surface area contributed by atoms with Crippen molar-refractivity contribution in [2.24, 2.45) is 0 Å². The number of carbonyl (C=O) groups excluding carboxylic acids is 1. The van der Waals surface area contributed by atoms with E-state index in [-0.39, 0.29) is 5.97 Å². The molecular weight excluding hydrogens is 388 g/mol. The minimum absolute atomic E-state index is 0.234. The first-order valence-corrected chi connectivity index (χ1v) is 12.0. The van der Waals surface area contributed by atoms with Gasteiger partial charge in [0, 0.05) is 12.0 Å². The van der Waals surface area contributed by atoms with Crippen LogP contribution in [-0.4, -0.2) is 22.5 Å². The number of hydrogen-bond donors (Lipinski definition) is 0. The van der Waals surface area contributed by atoms with Crippen LogP contribution in [0.3, 0.4) is 0 Å². The van der Waals surface area contributed by atoms with E-state index in [4.69, 9.17) is 9.47 Å². The molecule has 0 aliphatic carbocycles. The third-order valence-corrected chi connectivity index (χ3v) is 5.22. The fourth-order valence-corrected chi connectivity index (χ4v) is 3.35. The number of aromatic nitrogens is 2. The molecule has 2 rings (SSSR count). The van der Waals surface area contributed by atoms with Crippen molar-refractivity contribution in [2.45, 2.75) is 90.9 Å². The smallest absolute Gasteiger partial charge is 0.311 e. The molecule has 5 heteroatoms. The second-order valence-electron chi connectivity index (χ2n) is 8.02. The number of ether oxygens (including phenoxy) is 2. The van der Waals surface area contributed by atoms with Crippen molar-refractivity contribution in [1.82, 2.24) is 9.97 Å². The lowest BCUT2D eigenvalue weighted by molar-refractivity contribution is -0.134. The van der Waals surface area contributed by atoms with Crippen molar-refractivity contribution >= 4 is 5.97 Å². The van der Waals surface area contributed by atoms with Gasteiger partial charge in [-0.05, 0) is 37.1 Å². The minimum Gasteiger partial charge on any atom is -0.494 e. The lowest BCUT2D eigenvalue weighted by Gasteiger charge is -2.08. The summed E-state index contributed by atoms with van der Waals surface area (Å²) in [6.07, 6.45) is 16.8. The second kappa shape index (κ2) is 15.4. The maximum absolute atomic E-state index is 11.8. The topological polar surface area (TPSA) is 61.3 Å². The van der Waals surface area contributed by atoms with Crippen molar-refractivity contribution in [1.29, 1.82) is 0 Å². The molecule has 0 radical (unpaired) electrons. The first-order valence-electron chi connectivity index (χ1n) is 12.0. The summed E-state index contributed by atoms with van der Waals surface area (Å²) in [6.45, 7) is 5.11. The number of nitrogens with zero attached hydrogens (tertiary/aromatic N) is 2. The summed E-state index contributed by atoms with van der Waals surface area (Å²) >= 11 is 0. The third kappa shape index (κ3) is 10.4. The van der Waals surface area contributed by atoms with E-state index in [1.165, 1.54) is 44.9 Å². The standard InChI is InChI=1S/C26H38N2O3/c1-3-5-7-8-9-10-11-13-19-30-23-17-15-22(16-18-23)26-27-20-24(21-28-26)31-25(29)14-12-6-4-2/h15-18,20-21H,3-14,19H2,1-2H3. The first kappa shape index (κ1) is 24.8. The van der Waals surface area contributed by atoms with Gasteiger partial charge in [-0.25, -0.2) is 9.97 Å². The molecule has 2 aromatic rings. The fourth-order valence-electron chi connectivity index (χ4n) is 3.35. The van der Waals surface area contributed by atoms with Crippen molar-refractivity contribution in [2.75, 3.05) is 6.61 Å². The van der Waals surface area contributed by atoms with Gasteiger partial charge in [0.15, 0.2) is 11.6 Å². The Kier molecular flexibility index (Phi) is 12.3. The normalized spacial score (nSPS) is 10.8. The summed E-state index contributed by atoms with van der Waals surface area (Å²) in [6, 6.07) is 7.81. The Morgan fingerprint density at radius 2 is 1.32 bits per heavy atom. The van der Waals surface area contributed by atoms with E-state index in [1.807, 2.05) is 24.3 Å². The summed E-state index contributed by atoms with van der Waals surface area (Å²) in [4.78, 5) is 20.4. The zero-order valence-corrected chi connectivity index (χ0v) is 19.3. The van der Waals surface area contributed by atoms with Crippen molar-refractivity contribution in [3.8, 4) is 22.9 Å². The minimum atomic E-state index is -0.234. The Morgan fingerprint density at radius 3 is 1.97 bits per heavy atom. The molecule has 0 saturated carbocycles. The maximum atomic E-state index is 11.8. The van der Waals surface area contributed by atoms with Gasteiger partial charge in [0.2, 0.25) is 0 Å². The van der Waals surface area contributed by atoms with Crippen LogP contribution < -0.4 is 9.47 Å². The quantitative estimate of drug-likeness (QED) is 0.211. The molecule has 170 valence electrons. The lowest BCUT2D eigenvalue weighted by Crippen LogP contribution is -2.08. The first-order chi connectivity index (χ1) is 15.2. The molecule has 0 fully saturated rings. The van der Waals surface area contributed by atoms with Gasteiger partial charge in [0.1, 0.15) is 5.75 Å². The van der Waals surface area contributed by atoms with Crippen molar-refractivity contribution < 1.29 is 14.3 Å². The molecule has 0 spiro atoms. The van der Waals surface area contributed by atoms with E-state index in [0.29, 0.717) is 18.0 Å². The van der Waals surface area contributed by atoms with Crippen LogP contribution in [0, 0.1) is 0 Å². The van der Waals surface area contributed by atoms with Crippen LogP contribution in [0.1, 0.15) is 90.9 Å². The summed E-state index contributed by atoms with van der Waals surface area (Å²) < 4.78 is 11.1. The molecule has 1 aromatic carbocycles. The molecule has 1 aromatic heterocycles. The van der Waals surface area contributed by atoms with Gasteiger partial charge in [0.25, 0.3) is 0 Å². The average Bonchev–Trinajstić information content (AvgIpc) is 2.79. The molecule has 0 amide bonds. The maximum Gasteiger partial charge on any atom is 0.311 e. The van der Waals surface area contributed by atoms with Gasteiger partial charge in [-0.15, -0.1) is 0 Å². The molecule has 0 unspecified atom stereocenters. The van der Waals surface area contributed by atoms with Crippen LogP contribution in [-0.2, 0) is 4.79 Å². The zero-order chi connectivity index (χ0) is 22.2. The fraction of sp³-hybridized carbons (Fsp3) is 0.577. The molecule has 1 heterocycles. The molecule has 0 aliphatic rings. The number of hydrogen-bond acceptors (Lipinski definition) is 5. The molecule has 0 saturated heterocycles. The molecule has 0 aliphatic heterocycles. The Balaban J connectivity index is 1.68. The highest BCUT2D eigenvalue weighted by Crippen LogP contribution is 2.21. The second-order valence-corrected chi connectivity index (χ2v) is 8.02. The Morgan fingerprint density at radius 1 is 0.742 bits per heavy atom. The highest BCUT2D eigenvalue weighted by atomic mass is 16.5. The van der Waals surface area contributed by atoms with Crippen molar-refractivity contribution in [3.05, 3.63) is 36.7 Å². The summed E-state index contributed by atoms with van der Waals surface area (Å²) in [7, 11) is 0. The molecular formula is C26H38N2O3. The monoisotopic (exact) mass is 426 g/mol. The Hall–Kier alpha value is -2.43. The zero-order valence-electron chi connectivity index (χ0n) is 19.3. The van der Waals surface area contributed by atoms with Crippen LogP contribution >= 0.6 is 0 Å². The molecule has 5 nitrogen and oxygen atoms in total. The summed E-state index contributed by atoms with van der Waals surface area (Å²) in [5, 5.41) is 0. The third-order valence-electron chi connectivity index (χ3n) is 5.22. The molecule has 0 bridgehead atoms. The van der Waals surface area contributed by atoms with E-state index in [2.05, 4.69) is 23.8 Å². The van der Waals surface area contributed by atoms with E-state index >= 15 is 0 Å². The van der Waals surface area contributed by atoms with Crippen LogP contribution in [0.2, 0.25) is 0 Å². The van der Waals surface area contributed by atoms with Crippen LogP contribution in [0.25, 0.3) is 11.4 Å². The Labute approximate surface area is 187 Å². The SMILES string of the molecule is CCCCCCCCCCOc1ccc(-c2ncc(OC(=O)CCCCC)cn2)cc1. The highest BCUT2D eigenvalue weighted by Gasteiger charge is 2.07. The number of carbonyl (C=O) groups is 1. The van der Waals surface area contributed by atoms with Gasteiger partial charge in [-0.3, -0.25) is 4.79 Å². The number of esters is 1. The van der Waals surface area contributed by atoms with E-state index < -0.39 is 0 Å². The Bertz CT molecular complexity index is 729. The lowest BCUT2D eigenvalue weighted by atomic mass is 10.1. The van der Waals surface area contributed by atoms with Crippen LogP contribution in [0.4, 0.5) is 0 Å². The summed E-state index contributed by atoms with van der Waals surface area (Å²) in [5.74, 6) is 1.61.